The van der Waals surface area contributed by atoms with Crippen LogP contribution in [-0.2, 0) is 0 Å². The molecule has 0 aliphatic heterocycles. The van der Waals surface area contributed by atoms with Gasteiger partial charge in [-0.1, -0.05) is 42.2 Å². The molecule has 2 aromatic rings. The molecule has 0 spiro atoms. The van der Waals surface area contributed by atoms with E-state index in [1.54, 1.807) is 0 Å². The van der Waals surface area contributed by atoms with E-state index in [9.17, 15) is 0 Å². The Morgan fingerprint density at radius 3 is 2.58 bits per heavy atom. The molecule has 0 aromatic heterocycles. The summed E-state index contributed by atoms with van der Waals surface area (Å²) in [6.07, 6.45) is 0. The Bertz CT molecular complexity index is 684. The minimum atomic E-state index is 0.735. The molecule has 19 heavy (non-hydrogen) atoms. The number of rotatable bonds is 1. The van der Waals surface area contributed by atoms with E-state index in [-0.39, 0.29) is 0 Å². The third-order valence-corrected chi connectivity index (χ3v) is 2.96. The summed E-state index contributed by atoms with van der Waals surface area (Å²) in [6, 6.07) is 13.8. The van der Waals surface area contributed by atoms with Crippen LogP contribution in [0.15, 0.2) is 49.0 Å². The number of anilines is 1. The van der Waals surface area contributed by atoms with Crippen molar-refractivity contribution < 1.29 is 0 Å². The predicted octanol–water partition coefficient (Wildman–Crippen LogP) is 4.01. The Morgan fingerprint density at radius 1 is 1.11 bits per heavy atom. The minimum Gasteiger partial charge on any atom is -0.399 e. The molecule has 0 radical (unpaired) electrons. The van der Waals surface area contributed by atoms with Gasteiger partial charge in [-0.15, -0.1) is 0 Å². The van der Waals surface area contributed by atoms with Gasteiger partial charge in [0.1, 0.15) is 0 Å². The third-order valence-electron chi connectivity index (χ3n) is 2.96. The van der Waals surface area contributed by atoms with Crippen molar-refractivity contribution in [1.29, 1.82) is 0 Å². The molecular weight excluding hydrogens is 230 g/mol. The van der Waals surface area contributed by atoms with Gasteiger partial charge in [0.05, 0.1) is 0 Å². The monoisotopic (exact) mass is 247 g/mol. The fourth-order valence-electron chi connectivity index (χ4n) is 1.78. The number of aryl methyl sites for hydroxylation is 1. The standard InChI is InChI=1S/C18H17N/c1-13(2)16-9-7-14(3)17(12-16)10-8-15-5-4-6-18(19)11-15/h4-7,9,11-12H,1,19H2,2-3H3. The van der Waals surface area contributed by atoms with Crippen LogP contribution >= 0.6 is 0 Å². The van der Waals surface area contributed by atoms with Crippen LogP contribution in [0.4, 0.5) is 5.69 Å². The topological polar surface area (TPSA) is 26.0 Å². The van der Waals surface area contributed by atoms with E-state index < -0.39 is 0 Å². The summed E-state index contributed by atoms with van der Waals surface area (Å²) in [5, 5.41) is 0. The smallest absolute Gasteiger partial charge is 0.0326 e. The summed E-state index contributed by atoms with van der Waals surface area (Å²) in [6.45, 7) is 8.02. The van der Waals surface area contributed by atoms with E-state index in [1.165, 1.54) is 5.56 Å². The van der Waals surface area contributed by atoms with Gasteiger partial charge in [0.2, 0.25) is 0 Å². The molecule has 0 heterocycles. The van der Waals surface area contributed by atoms with E-state index in [4.69, 9.17) is 5.73 Å². The number of benzene rings is 2. The van der Waals surface area contributed by atoms with Crippen molar-refractivity contribution >= 4 is 11.3 Å². The molecule has 0 aliphatic carbocycles. The molecule has 0 saturated carbocycles. The van der Waals surface area contributed by atoms with Gasteiger partial charge in [0.15, 0.2) is 0 Å². The van der Waals surface area contributed by atoms with Crippen LogP contribution in [0, 0.1) is 18.8 Å². The van der Waals surface area contributed by atoms with E-state index >= 15 is 0 Å². The highest BCUT2D eigenvalue weighted by Crippen LogP contribution is 2.16. The zero-order valence-electron chi connectivity index (χ0n) is 11.3. The Balaban J connectivity index is 2.39. The van der Waals surface area contributed by atoms with Crippen LogP contribution in [0.25, 0.3) is 5.57 Å². The lowest BCUT2D eigenvalue weighted by atomic mass is 10.0. The van der Waals surface area contributed by atoms with Crippen molar-refractivity contribution in [3.63, 3.8) is 0 Å². The third kappa shape index (κ3) is 3.26. The van der Waals surface area contributed by atoms with Crippen LogP contribution in [0.2, 0.25) is 0 Å². The first-order valence-electron chi connectivity index (χ1n) is 6.20. The lowest BCUT2D eigenvalue weighted by molar-refractivity contribution is 1.41. The maximum atomic E-state index is 5.74. The molecule has 1 heteroatoms. The molecule has 0 unspecified atom stereocenters. The van der Waals surface area contributed by atoms with Gasteiger partial charge in [-0.05, 0) is 49.2 Å². The molecule has 2 N–H and O–H groups in total. The molecular formula is C18H17N. The van der Waals surface area contributed by atoms with Crippen LogP contribution in [0.5, 0.6) is 0 Å². The zero-order valence-corrected chi connectivity index (χ0v) is 11.3. The number of hydrogen-bond donors (Lipinski definition) is 1. The van der Waals surface area contributed by atoms with Crippen molar-refractivity contribution in [3.05, 3.63) is 71.3 Å². The van der Waals surface area contributed by atoms with Gasteiger partial charge in [-0.3, -0.25) is 0 Å². The molecule has 0 saturated heterocycles. The van der Waals surface area contributed by atoms with Gasteiger partial charge in [0.25, 0.3) is 0 Å². The van der Waals surface area contributed by atoms with Gasteiger partial charge >= 0.3 is 0 Å². The normalized spacial score (nSPS) is 9.58. The van der Waals surface area contributed by atoms with Crippen LogP contribution in [0.3, 0.4) is 0 Å². The van der Waals surface area contributed by atoms with Crippen molar-refractivity contribution in [3.8, 4) is 11.8 Å². The van der Waals surface area contributed by atoms with Crippen molar-refractivity contribution in [1.82, 2.24) is 0 Å². The summed E-state index contributed by atoms with van der Waals surface area (Å²) in [7, 11) is 0. The van der Waals surface area contributed by atoms with E-state index in [2.05, 4.69) is 43.5 Å². The molecule has 2 aromatic carbocycles. The van der Waals surface area contributed by atoms with Crippen LogP contribution < -0.4 is 5.73 Å². The number of nitrogens with two attached hydrogens (primary N) is 1. The van der Waals surface area contributed by atoms with Crippen LogP contribution in [0.1, 0.15) is 29.2 Å². The average molecular weight is 247 g/mol. The Morgan fingerprint density at radius 2 is 1.89 bits per heavy atom. The molecule has 1 nitrogen and oxygen atoms in total. The van der Waals surface area contributed by atoms with Crippen molar-refractivity contribution in [2.45, 2.75) is 13.8 Å². The molecule has 0 aliphatic rings. The second-order valence-corrected chi connectivity index (χ2v) is 4.69. The van der Waals surface area contributed by atoms with Gasteiger partial charge in [-0.25, -0.2) is 0 Å². The van der Waals surface area contributed by atoms with E-state index in [0.717, 1.165) is 28.0 Å². The molecule has 0 amide bonds. The second-order valence-electron chi connectivity index (χ2n) is 4.69. The van der Waals surface area contributed by atoms with Crippen LogP contribution in [-0.4, -0.2) is 0 Å². The summed E-state index contributed by atoms with van der Waals surface area (Å²) in [5.74, 6) is 6.35. The highest BCUT2D eigenvalue weighted by Gasteiger charge is 1.98. The molecule has 0 fully saturated rings. The van der Waals surface area contributed by atoms with E-state index in [1.807, 2.05) is 31.2 Å². The lowest BCUT2D eigenvalue weighted by Crippen LogP contribution is -1.87. The molecule has 0 atom stereocenters. The summed E-state index contributed by atoms with van der Waals surface area (Å²) in [5.41, 5.74) is 11.8. The SMILES string of the molecule is C=C(C)c1ccc(C)c(C#Cc2cccc(N)c2)c1. The first-order chi connectivity index (χ1) is 9.06. The summed E-state index contributed by atoms with van der Waals surface area (Å²) >= 11 is 0. The fourth-order valence-corrected chi connectivity index (χ4v) is 1.78. The molecule has 0 bridgehead atoms. The van der Waals surface area contributed by atoms with Crippen molar-refractivity contribution in [2.75, 3.05) is 5.73 Å². The number of nitrogen functional groups attached to an aromatic ring is 1. The Hall–Kier alpha value is -2.46. The van der Waals surface area contributed by atoms with Crippen molar-refractivity contribution in [2.24, 2.45) is 0 Å². The second kappa shape index (κ2) is 5.46. The predicted molar refractivity (Wildman–Crippen MR) is 82.7 cm³/mol. The average Bonchev–Trinajstić information content (AvgIpc) is 2.37. The van der Waals surface area contributed by atoms with Gasteiger partial charge in [0, 0.05) is 16.8 Å². The minimum absolute atomic E-state index is 0.735. The Kier molecular flexibility index (Phi) is 3.73. The maximum Gasteiger partial charge on any atom is 0.0326 e. The largest absolute Gasteiger partial charge is 0.399 e. The van der Waals surface area contributed by atoms with E-state index in [0.29, 0.717) is 0 Å². The highest BCUT2D eigenvalue weighted by molar-refractivity contribution is 5.64. The molecule has 94 valence electrons. The summed E-state index contributed by atoms with van der Waals surface area (Å²) in [4.78, 5) is 0. The first-order valence-corrected chi connectivity index (χ1v) is 6.20. The lowest BCUT2D eigenvalue weighted by Gasteiger charge is -2.03. The summed E-state index contributed by atoms with van der Waals surface area (Å²) < 4.78 is 0. The number of hydrogen-bond acceptors (Lipinski definition) is 1. The number of allylic oxidation sites excluding steroid dienone is 1. The maximum absolute atomic E-state index is 5.74. The highest BCUT2D eigenvalue weighted by atomic mass is 14.5. The van der Waals surface area contributed by atoms with Gasteiger partial charge < -0.3 is 5.73 Å². The fraction of sp³-hybridized carbons (Fsp3) is 0.111. The van der Waals surface area contributed by atoms with Gasteiger partial charge in [-0.2, -0.15) is 0 Å². The first kappa shape index (κ1) is 13.0. The molecule has 2 rings (SSSR count). The zero-order chi connectivity index (χ0) is 13.8. The Labute approximate surface area is 114 Å². The quantitative estimate of drug-likeness (QED) is 0.598.